The summed E-state index contributed by atoms with van der Waals surface area (Å²) in [6, 6.07) is 7.88. The van der Waals surface area contributed by atoms with E-state index in [-0.39, 0.29) is 36.2 Å². The largest absolute Gasteiger partial charge is 0.491 e. The highest BCUT2D eigenvalue weighted by Gasteiger charge is 2.21. The van der Waals surface area contributed by atoms with Crippen molar-refractivity contribution in [3.05, 3.63) is 36.4 Å². The molecule has 2 N–H and O–H groups in total. The third-order valence-electron chi connectivity index (χ3n) is 5.02. The van der Waals surface area contributed by atoms with Crippen LogP contribution in [0.5, 0.6) is 5.75 Å². The van der Waals surface area contributed by atoms with Crippen molar-refractivity contribution in [1.82, 2.24) is 25.0 Å². The molecular formula is C23H38IN7O2. The van der Waals surface area contributed by atoms with Gasteiger partial charge < -0.3 is 24.7 Å². The Morgan fingerprint density at radius 1 is 1.24 bits per heavy atom. The van der Waals surface area contributed by atoms with Gasteiger partial charge in [-0.1, -0.05) is 13.8 Å². The van der Waals surface area contributed by atoms with Gasteiger partial charge in [-0.3, -0.25) is 4.90 Å². The molecule has 0 spiro atoms. The Morgan fingerprint density at radius 2 is 2.00 bits per heavy atom. The lowest BCUT2D eigenvalue weighted by molar-refractivity contribution is -0.0283. The third-order valence-corrected chi connectivity index (χ3v) is 5.02. The van der Waals surface area contributed by atoms with E-state index in [2.05, 4.69) is 39.6 Å². The van der Waals surface area contributed by atoms with E-state index in [1.165, 1.54) is 0 Å². The van der Waals surface area contributed by atoms with Crippen molar-refractivity contribution in [2.45, 2.75) is 46.4 Å². The lowest BCUT2D eigenvalue weighted by Crippen LogP contribution is -2.49. The van der Waals surface area contributed by atoms with Crippen LogP contribution < -0.4 is 15.4 Å². The molecule has 184 valence electrons. The van der Waals surface area contributed by atoms with Crippen molar-refractivity contribution in [2.24, 2.45) is 18.0 Å². The van der Waals surface area contributed by atoms with E-state index in [1.807, 2.05) is 49.7 Å². The zero-order valence-electron chi connectivity index (χ0n) is 20.3. The Bertz CT molecular complexity index is 855. The van der Waals surface area contributed by atoms with Gasteiger partial charge in [0.05, 0.1) is 18.8 Å². The molecular weight excluding hydrogens is 533 g/mol. The van der Waals surface area contributed by atoms with Gasteiger partial charge in [-0.15, -0.1) is 34.2 Å². The number of aryl methyl sites for hydroxylation is 1. The summed E-state index contributed by atoms with van der Waals surface area (Å²) in [6.45, 7) is 13.4. The lowest BCUT2D eigenvalue weighted by Gasteiger charge is -2.34. The first-order valence-electron chi connectivity index (χ1n) is 11.4. The second kappa shape index (κ2) is 13.7. The number of rotatable bonds is 9. The number of anilines is 1. The average molecular weight is 572 g/mol. The summed E-state index contributed by atoms with van der Waals surface area (Å²) in [4.78, 5) is 7.19. The van der Waals surface area contributed by atoms with Gasteiger partial charge in [-0.25, -0.2) is 4.99 Å². The number of halogens is 1. The summed E-state index contributed by atoms with van der Waals surface area (Å²) in [7, 11) is 1.91. The van der Waals surface area contributed by atoms with Gasteiger partial charge in [0.25, 0.3) is 0 Å². The molecule has 1 unspecified atom stereocenters. The maximum Gasteiger partial charge on any atom is 0.196 e. The maximum absolute atomic E-state index is 5.98. The van der Waals surface area contributed by atoms with Crippen molar-refractivity contribution in [2.75, 3.05) is 38.1 Å². The van der Waals surface area contributed by atoms with Crippen molar-refractivity contribution < 1.29 is 9.47 Å². The molecule has 3 rings (SSSR count). The summed E-state index contributed by atoms with van der Waals surface area (Å²) in [5, 5.41) is 14.9. The van der Waals surface area contributed by atoms with Crippen LogP contribution in [-0.2, 0) is 18.3 Å². The van der Waals surface area contributed by atoms with Crippen molar-refractivity contribution in [1.29, 1.82) is 0 Å². The molecule has 0 amide bonds. The normalized spacial score (nSPS) is 17.2. The van der Waals surface area contributed by atoms with Crippen LogP contribution in [0.15, 0.2) is 35.6 Å². The van der Waals surface area contributed by atoms with E-state index in [1.54, 1.807) is 6.33 Å². The number of morpholine rings is 1. The molecule has 9 nitrogen and oxygen atoms in total. The SMILES string of the molecule is CC(C)CN1CCOC(CNC(=NCc2nncn2C)Nc2ccc(OC(C)C)cc2)C1.I. The van der Waals surface area contributed by atoms with Crippen molar-refractivity contribution >= 4 is 35.6 Å². The molecule has 1 aromatic carbocycles. The van der Waals surface area contributed by atoms with Crippen LogP contribution in [0, 0.1) is 5.92 Å². The molecule has 1 aliphatic rings. The van der Waals surface area contributed by atoms with Crippen LogP contribution >= 0.6 is 24.0 Å². The van der Waals surface area contributed by atoms with Gasteiger partial charge in [0.1, 0.15) is 18.6 Å². The van der Waals surface area contributed by atoms with Crippen LogP contribution in [0.25, 0.3) is 0 Å². The Hall–Kier alpha value is -1.92. The molecule has 0 saturated carbocycles. The Morgan fingerprint density at radius 3 is 2.64 bits per heavy atom. The molecule has 10 heteroatoms. The summed E-state index contributed by atoms with van der Waals surface area (Å²) in [6.07, 6.45) is 1.94. The number of nitrogens with one attached hydrogen (secondary N) is 2. The van der Waals surface area contributed by atoms with Gasteiger partial charge in [0.2, 0.25) is 0 Å². The molecule has 0 bridgehead atoms. The number of hydrogen-bond donors (Lipinski definition) is 2. The van der Waals surface area contributed by atoms with E-state index >= 15 is 0 Å². The second-order valence-electron chi connectivity index (χ2n) is 8.87. The van der Waals surface area contributed by atoms with Gasteiger partial charge >= 0.3 is 0 Å². The highest BCUT2D eigenvalue weighted by atomic mass is 127. The maximum atomic E-state index is 5.98. The predicted octanol–water partition coefficient (Wildman–Crippen LogP) is 3.13. The van der Waals surface area contributed by atoms with E-state index < -0.39 is 0 Å². The third kappa shape index (κ3) is 9.46. The number of nitrogens with zero attached hydrogens (tertiary/aromatic N) is 5. The minimum Gasteiger partial charge on any atom is -0.491 e. The first kappa shape index (κ1) is 27.3. The number of benzene rings is 1. The smallest absolute Gasteiger partial charge is 0.196 e. The first-order valence-corrected chi connectivity index (χ1v) is 11.4. The van der Waals surface area contributed by atoms with Crippen LogP contribution in [0.1, 0.15) is 33.5 Å². The Labute approximate surface area is 214 Å². The number of ether oxygens (including phenoxy) is 2. The van der Waals surface area contributed by atoms with Crippen molar-refractivity contribution in [3.8, 4) is 5.75 Å². The van der Waals surface area contributed by atoms with E-state index in [0.29, 0.717) is 25.0 Å². The van der Waals surface area contributed by atoms with Crippen LogP contribution in [-0.4, -0.2) is 70.6 Å². The molecule has 1 atom stereocenters. The van der Waals surface area contributed by atoms with E-state index in [0.717, 1.165) is 43.5 Å². The van der Waals surface area contributed by atoms with Gasteiger partial charge in [0.15, 0.2) is 11.8 Å². The summed E-state index contributed by atoms with van der Waals surface area (Å²) < 4.78 is 13.6. The second-order valence-corrected chi connectivity index (χ2v) is 8.87. The lowest BCUT2D eigenvalue weighted by atomic mass is 10.2. The van der Waals surface area contributed by atoms with Crippen LogP contribution in [0.2, 0.25) is 0 Å². The fourth-order valence-electron chi connectivity index (χ4n) is 3.56. The van der Waals surface area contributed by atoms with Crippen molar-refractivity contribution in [3.63, 3.8) is 0 Å². The molecule has 1 saturated heterocycles. The molecule has 1 aliphatic heterocycles. The fourth-order valence-corrected chi connectivity index (χ4v) is 3.56. The van der Waals surface area contributed by atoms with Gasteiger partial charge in [-0.05, 0) is 44.0 Å². The highest BCUT2D eigenvalue weighted by molar-refractivity contribution is 14.0. The quantitative estimate of drug-likeness (QED) is 0.272. The summed E-state index contributed by atoms with van der Waals surface area (Å²) in [5.41, 5.74) is 0.927. The summed E-state index contributed by atoms with van der Waals surface area (Å²) in [5.74, 6) is 2.96. The topological polar surface area (TPSA) is 88.8 Å². The number of guanidine groups is 1. The molecule has 33 heavy (non-hydrogen) atoms. The standard InChI is InChI=1S/C23H37N7O2.HI/c1-17(2)14-30-10-11-31-21(15-30)12-24-23(25-13-22-28-26-16-29(22)5)27-19-6-8-20(9-7-19)32-18(3)4;/h6-9,16-18,21H,10-15H2,1-5H3,(H2,24,25,27);1H. The minimum atomic E-state index is 0. The highest BCUT2D eigenvalue weighted by Crippen LogP contribution is 2.17. The molecule has 0 radical (unpaired) electrons. The number of hydrogen-bond acceptors (Lipinski definition) is 6. The van der Waals surface area contributed by atoms with E-state index in [9.17, 15) is 0 Å². The first-order chi connectivity index (χ1) is 15.4. The molecule has 1 fully saturated rings. The zero-order chi connectivity index (χ0) is 22.9. The molecule has 2 aromatic rings. The monoisotopic (exact) mass is 571 g/mol. The molecule has 2 heterocycles. The fraction of sp³-hybridized carbons (Fsp3) is 0.609. The van der Waals surface area contributed by atoms with Crippen LogP contribution in [0.4, 0.5) is 5.69 Å². The molecule has 0 aliphatic carbocycles. The van der Waals surface area contributed by atoms with Crippen LogP contribution in [0.3, 0.4) is 0 Å². The predicted molar refractivity (Wildman–Crippen MR) is 142 cm³/mol. The Balaban J connectivity index is 0.00000385. The number of aromatic nitrogens is 3. The van der Waals surface area contributed by atoms with E-state index in [4.69, 9.17) is 14.5 Å². The number of aliphatic imine (C=N–C) groups is 1. The summed E-state index contributed by atoms with van der Waals surface area (Å²) >= 11 is 0. The molecule has 1 aromatic heterocycles. The van der Waals surface area contributed by atoms with Gasteiger partial charge in [-0.2, -0.15) is 0 Å². The zero-order valence-corrected chi connectivity index (χ0v) is 22.7. The minimum absolute atomic E-state index is 0. The average Bonchev–Trinajstić information content (AvgIpc) is 3.15. The van der Waals surface area contributed by atoms with Gasteiger partial charge in [0, 0.05) is 38.9 Å². The Kier molecular flexibility index (Phi) is 11.3.